The molecule has 0 aliphatic heterocycles. The second kappa shape index (κ2) is 10.5. The van der Waals surface area contributed by atoms with E-state index >= 15 is 0 Å². The van der Waals surface area contributed by atoms with E-state index in [1.54, 1.807) is 7.11 Å². The van der Waals surface area contributed by atoms with Crippen LogP contribution in [0.2, 0.25) is 5.02 Å². The van der Waals surface area contributed by atoms with Crippen LogP contribution in [0.15, 0.2) is 59.8 Å². The third-order valence-electron chi connectivity index (χ3n) is 3.99. The summed E-state index contributed by atoms with van der Waals surface area (Å²) in [6.45, 7) is 3.90. The van der Waals surface area contributed by atoms with Crippen LogP contribution in [0.25, 0.3) is 11.6 Å². The predicted octanol–water partition coefficient (Wildman–Crippen LogP) is 5.20. The molecule has 0 bridgehead atoms. The lowest BCUT2D eigenvalue weighted by Gasteiger charge is -2.14. The van der Waals surface area contributed by atoms with Crippen LogP contribution in [0.5, 0.6) is 0 Å². The van der Waals surface area contributed by atoms with Crippen molar-refractivity contribution in [3.63, 3.8) is 0 Å². The molecule has 0 radical (unpaired) electrons. The largest absolute Gasteiger partial charge is 0.391 e. The summed E-state index contributed by atoms with van der Waals surface area (Å²) in [4.78, 5) is 16.8. The molecule has 1 atom stereocenters. The molecule has 2 aromatic rings. The number of allylic oxidation sites excluding steroid dienone is 1. The summed E-state index contributed by atoms with van der Waals surface area (Å²) >= 11 is 5.87. The molecule has 2 aromatic carbocycles. The first-order valence-electron chi connectivity index (χ1n) is 8.51. The third-order valence-corrected chi connectivity index (χ3v) is 4.25. The summed E-state index contributed by atoms with van der Waals surface area (Å²) in [5.41, 5.74) is 3.80. The molecule has 4 nitrogen and oxygen atoms in total. The third kappa shape index (κ3) is 6.22. The predicted molar refractivity (Wildman–Crippen MR) is 110 cm³/mol. The van der Waals surface area contributed by atoms with Gasteiger partial charge in [-0.05, 0) is 43.2 Å². The molecule has 0 saturated heterocycles. The van der Waals surface area contributed by atoms with Crippen molar-refractivity contribution in [2.75, 3.05) is 7.11 Å². The molecule has 0 aromatic heterocycles. The number of halogens is 1. The first-order valence-corrected chi connectivity index (χ1v) is 8.89. The van der Waals surface area contributed by atoms with E-state index in [9.17, 15) is 4.79 Å². The lowest BCUT2D eigenvalue weighted by atomic mass is 9.98. The van der Waals surface area contributed by atoms with E-state index < -0.39 is 0 Å². The maximum Gasteiger partial charge on any atom is 0.142 e. The molecule has 0 aliphatic rings. The smallest absolute Gasteiger partial charge is 0.142 e. The van der Waals surface area contributed by atoms with Gasteiger partial charge in [-0.2, -0.15) is 0 Å². The molecular formula is C22H22ClNO3. The van der Waals surface area contributed by atoms with Gasteiger partial charge in [0.05, 0.1) is 17.4 Å². The van der Waals surface area contributed by atoms with Crippen LogP contribution >= 0.6 is 11.6 Å². The zero-order chi connectivity index (χ0) is 19.6. The molecule has 0 N–H and O–H groups in total. The Hall–Kier alpha value is -2.65. The quantitative estimate of drug-likeness (QED) is 0.358. The standard InChI is InChI=1S/C22H22ClNO3/c1-16(8-9-18-10-12-20(23)13-11-18)24-27-15-19-6-4-5-7-21(19)22(14-25)17(2)26-3/h4-13,17H,15H2,1-3H3. The number of nitrogens with zero attached hydrogens (tertiary/aromatic N) is 1. The van der Waals surface area contributed by atoms with Gasteiger partial charge in [0, 0.05) is 17.7 Å². The molecule has 0 spiro atoms. The summed E-state index contributed by atoms with van der Waals surface area (Å²) in [6, 6.07) is 15.0. The second-order valence-electron chi connectivity index (χ2n) is 5.94. The minimum atomic E-state index is -0.351. The van der Waals surface area contributed by atoms with E-state index in [2.05, 4.69) is 5.16 Å². The van der Waals surface area contributed by atoms with Crippen molar-refractivity contribution in [2.24, 2.45) is 5.16 Å². The fraction of sp³-hybridized carbons (Fsp3) is 0.227. The van der Waals surface area contributed by atoms with Gasteiger partial charge in [0.25, 0.3) is 0 Å². The Balaban J connectivity index is 2.05. The fourth-order valence-corrected chi connectivity index (χ4v) is 2.53. The summed E-state index contributed by atoms with van der Waals surface area (Å²) in [5.74, 6) is 1.98. The zero-order valence-corrected chi connectivity index (χ0v) is 16.4. The second-order valence-corrected chi connectivity index (χ2v) is 6.38. The van der Waals surface area contributed by atoms with Gasteiger partial charge in [-0.25, -0.2) is 4.79 Å². The van der Waals surface area contributed by atoms with Crippen LogP contribution < -0.4 is 0 Å². The Kier molecular flexibility index (Phi) is 8.02. The number of rotatable bonds is 8. The lowest BCUT2D eigenvalue weighted by molar-refractivity contribution is 0.130. The van der Waals surface area contributed by atoms with Crippen molar-refractivity contribution < 1.29 is 14.4 Å². The van der Waals surface area contributed by atoms with E-state index in [4.69, 9.17) is 21.2 Å². The molecule has 0 aliphatic carbocycles. The average molecular weight is 384 g/mol. The first-order chi connectivity index (χ1) is 13.0. The van der Waals surface area contributed by atoms with E-state index in [1.807, 2.05) is 80.5 Å². The van der Waals surface area contributed by atoms with Crippen LogP contribution in [0, 0.1) is 0 Å². The van der Waals surface area contributed by atoms with Gasteiger partial charge in [-0.15, -0.1) is 0 Å². The maximum atomic E-state index is 11.4. The highest BCUT2D eigenvalue weighted by molar-refractivity contribution is 6.30. The highest BCUT2D eigenvalue weighted by Gasteiger charge is 2.15. The van der Waals surface area contributed by atoms with Crippen LogP contribution in [0.3, 0.4) is 0 Å². The Morgan fingerprint density at radius 1 is 1.22 bits per heavy atom. The number of carbonyl (C=O) groups excluding carboxylic acids is 1. The summed E-state index contributed by atoms with van der Waals surface area (Å²) in [7, 11) is 1.56. The van der Waals surface area contributed by atoms with Gasteiger partial charge in [-0.3, -0.25) is 0 Å². The van der Waals surface area contributed by atoms with Crippen molar-refractivity contribution in [1.82, 2.24) is 0 Å². The van der Waals surface area contributed by atoms with E-state index in [1.165, 1.54) is 0 Å². The molecule has 140 valence electrons. The fourth-order valence-electron chi connectivity index (χ4n) is 2.41. The van der Waals surface area contributed by atoms with Crippen molar-refractivity contribution in [1.29, 1.82) is 0 Å². The highest BCUT2D eigenvalue weighted by Crippen LogP contribution is 2.22. The molecule has 0 heterocycles. The number of methoxy groups -OCH3 is 1. The van der Waals surface area contributed by atoms with Gasteiger partial charge in [-0.1, -0.05) is 59.2 Å². The lowest BCUT2D eigenvalue weighted by Crippen LogP contribution is -2.10. The van der Waals surface area contributed by atoms with Gasteiger partial charge in [0.15, 0.2) is 0 Å². The monoisotopic (exact) mass is 383 g/mol. The van der Waals surface area contributed by atoms with Crippen LogP contribution in [-0.4, -0.2) is 24.9 Å². The minimum Gasteiger partial charge on any atom is -0.391 e. The number of hydrogen-bond donors (Lipinski definition) is 0. The number of ether oxygens (including phenoxy) is 1. The van der Waals surface area contributed by atoms with E-state index in [0.717, 1.165) is 22.4 Å². The Bertz CT molecular complexity index is 865. The number of benzene rings is 2. The van der Waals surface area contributed by atoms with Crippen LogP contribution in [0.4, 0.5) is 0 Å². The Labute approximate surface area is 164 Å². The van der Waals surface area contributed by atoms with Crippen molar-refractivity contribution >= 4 is 34.9 Å². The summed E-state index contributed by atoms with van der Waals surface area (Å²) < 4.78 is 5.25. The maximum absolute atomic E-state index is 11.4. The molecule has 27 heavy (non-hydrogen) atoms. The van der Waals surface area contributed by atoms with E-state index in [-0.39, 0.29) is 12.7 Å². The summed E-state index contributed by atoms with van der Waals surface area (Å²) in [6.07, 6.45) is 3.44. The highest BCUT2D eigenvalue weighted by atomic mass is 35.5. The zero-order valence-electron chi connectivity index (χ0n) is 15.6. The van der Waals surface area contributed by atoms with Gasteiger partial charge >= 0.3 is 0 Å². The Morgan fingerprint density at radius 2 is 1.93 bits per heavy atom. The van der Waals surface area contributed by atoms with Gasteiger partial charge < -0.3 is 9.57 Å². The minimum absolute atomic E-state index is 0.240. The molecule has 1 unspecified atom stereocenters. The van der Waals surface area contributed by atoms with Crippen molar-refractivity contribution in [3.05, 3.63) is 76.3 Å². The molecule has 0 fully saturated rings. The SMILES string of the molecule is COC(C)C(=C=O)c1ccccc1CON=C(C)C=Cc1ccc(Cl)cc1. The van der Waals surface area contributed by atoms with Crippen molar-refractivity contribution in [2.45, 2.75) is 26.6 Å². The molecule has 0 amide bonds. The normalized spacial score (nSPS) is 12.7. The Morgan fingerprint density at radius 3 is 2.59 bits per heavy atom. The average Bonchev–Trinajstić information content (AvgIpc) is 2.69. The first kappa shape index (κ1) is 20.7. The van der Waals surface area contributed by atoms with Crippen molar-refractivity contribution in [3.8, 4) is 0 Å². The van der Waals surface area contributed by atoms with E-state index in [0.29, 0.717) is 10.6 Å². The van der Waals surface area contributed by atoms with Gasteiger partial charge in [0.2, 0.25) is 0 Å². The summed E-state index contributed by atoms with van der Waals surface area (Å²) in [5, 5.41) is 4.81. The molecule has 2 rings (SSSR count). The molecule has 5 heteroatoms. The number of oxime groups is 1. The molecular weight excluding hydrogens is 362 g/mol. The van der Waals surface area contributed by atoms with Crippen LogP contribution in [-0.2, 0) is 21.0 Å². The molecule has 0 saturated carbocycles. The van der Waals surface area contributed by atoms with Gasteiger partial charge in [0.1, 0.15) is 12.5 Å². The number of hydrogen-bond acceptors (Lipinski definition) is 4. The van der Waals surface area contributed by atoms with Crippen LogP contribution in [0.1, 0.15) is 30.5 Å². The topological polar surface area (TPSA) is 47.9 Å².